The highest BCUT2D eigenvalue weighted by Crippen LogP contribution is 2.18. The summed E-state index contributed by atoms with van der Waals surface area (Å²) >= 11 is 0. The molecule has 0 radical (unpaired) electrons. The van der Waals surface area contributed by atoms with Gasteiger partial charge in [-0.05, 0) is 25.1 Å². The van der Waals surface area contributed by atoms with Gasteiger partial charge < -0.3 is 9.80 Å². The number of aldehydes is 1. The van der Waals surface area contributed by atoms with Crippen LogP contribution in [0.5, 0.6) is 0 Å². The van der Waals surface area contributed by atoms with Crippen molar-refractivity contribution < 1.29 is 4.79 Å². The maximum Gasteiger partial charge on any atom is 0.270 e. The topological polar surface area (TPSA) is 57.9 Å². The number of likely N-dealkylation sites (N-methyl/N-ethyl adjacent to an activating group) is 1. The summed E-state index contributed by atoms with van der Waals surface area (Å²) in [5.74, 6) is 0.519. The first-order valence-corrected chi connectivity index (χ1v) is 7.60. The van der Waals surface area contributed by atoms with E-state index >= 15 is 0 Å². The highest BCUT2D eigenvalue weighted by atomic mass is 16.1. The molecule has 2 aromatic heterocycles. The van der Waals surface area contributed by atoms with Gasteiger partial charge in [-0.1, -0.05) is 13.0 Å². The number of aryl methyl sites for hydroxylation is 1. The summed E-state index contributed by atoms with van der Waals surface area (Å²) < 4.78 is 1.45. The van der Waals surface area contributed by atoms with Crippen LogP contribution in [0.3, 0.4) is 0 Å². The largest absolute Gasteiger partial charge is 0.353 e. The molecule has 0 atom stereocenters. The van der Waals surface area contributed by atoms with Gasteiger partial charge in [-0.15, -0.1) is 0 Å². The van der Waals surface area contributed by atoms with Gasteiger partial charge in [-0.2, -0.15) is 0 Å². The lowest BCUT2D eigenvalue weighted by molar-refractivity contribution is 0.112. The molecule has 3 heterocycles. The SMILES string of the molecule is CCN1CCN(c2nc3c(C)cccn3c(=O)c2C=O)CC1. The van der Waals surface area contributed by atoms with E-state index in [1.165, 1.54) is 4.40 Å². The molecule has 3 rings (SSSR count). The standard InChI is InChI=1S/C16H20N4O2/c1-3-18-7-9-19(10-8-18)15-13(11-21)16(22)20-6-4-5-12(2)14(20)17-15/h4-6,11H,3,7-10H2,1-2H3. The molecule has 0 aliphatic carbocycles. The number of aromatic nitrogens is 2. The summed E-state index contributed by atoms with van der Waals surface area (Å²) in [6.07, 6.45) is 2.29. The Balaban J connectivity index is 2.11. The third-order valence-electron chi connectivity index (χ3n) is 4.30. The van der Waals surface area contributed by atoms with E-state index in [9.17, 15) is 9.59 Å². The van der Waals surface area contributed by atoms with E-state index in [2.05, 4.69) is 16.8 Å². The van der Waals surface area contributed by atoms with Crippen LogP contribution in [0.25, 0.3) is 5.65 Å². The van der Waals surface area contributed by atoms with Gasteiger partial charge in [0.2, 0.25) is 0 Å². The number of carbonyl (C=O) groups is 1. The Morgan fingerprint density at radius 3 is 2.64 bits per heavy atom. The summed E-state index contributed by atoms with van der Waals surface area (Å²) in [5, 5.41) is 0. The molecule has 1 aliphatic heterocycles. The smallest absolute Gasteiger partial charge is 0.270 e. The van der Waals surface area contributed by atoms with Gasteiger partial charge in [0.1, 0.15) is 17.0 Å². The van der Waals surface area contributed by atoms with Crippen LogP contribution in [0.2, 0.25) is 0 Å². The number of piperazine rings is 1. The number of pyridine rings is 1. The summed E-state index contributed by atoms with van der Waals surface area (Å²) in [4.78, 5) is 33.0. The molecule has 1 fully saturated rings. The van der Waals surface area contributed by atoms with Gasteiger partial charge in [0, 0.05) is 32.4 Å². The monoisotopic (exact) mass is 300 g/mol. The maximum absolute atomic E-state index is 12.6. The third-order valence-corrected chi connectivity index (χ3v) is 4.30. The zero-order valence-electron chi connectivity index (χ0n) is 13.0. The quantitative estimate of drug-likeness (QED) is 0.790. The van der Waals surface area contributed by atoms with E-state index in [-0.39, 0.29) is 11.1 Å². The van der Waals surface area contributed by atoms with Crippen LogP contribution in [-0.4, -0.2) is 53.3 Å². The van der Waals surface area contributed by atoms with Crippen molar-refractivity contribution in [3.8, 4) is 0 Å². The van der Waals surface area contributed by atoms with Crippen LogP contribution >= 0.6 is 0 Å². The third kappa shape index (κ3) is 2.39. The van der Waals surface area contributed by atoms with Crippen molar-refractivity contribution in [1.29, 1.82) is 0 Å². The van der Waals surface area contributed by atoms with Gasteiger partial charge in [-0.25, -0.2) is 4.98 Å². The predicted molar refractivity (Wildman–Crippen MR) is 85.9 cm³/mol. The van der Waals surface area contributed by atoms with Crippen LogP contribution in [0.15, 0.2) is 23.1 Å². The maximum atomic E-state index is 12.6. The lowest BCUT2D eigenvalue weighted by Crippen LogP contribution is -2.47. The summed E-state index contributed by atoms with van der Waals surface area (Å²) in [7, 11) is 0. The fourth-order valence-corrected chi connectivity index (χ4v) is 2.92. The van der Waals surface area contributed by atoms with E-state index in [0.717, 1.165) is 38.3 Å². The summed E-state index contributed by atoms with van der Waals surface area (Å²) in [6, 6.07) is 3.71. The van der Waals surface area contributed by atoms with Crippen molar-refractivity contribution in [2.75, 3.05) is 37.6 Å². The summed E-state index contributed by atoms with van der Waals surface area (Å²) in [5.41, 5.74) is 1.39. The lowest BCUT2D eigenvalue weighted by Gasteiger charge is -2.35. The Kier molecular flexibility index (Phi) is 3.94. The molecule has 1 aliphatic rings. The van der Waals surface area contributed by atoms with E-state index in [4.69, 9.17) is 0 Å². The normalized spacial score (nSPS) is 16.2. The Hall–Kier alpha value is -2.21. The van der Waals surface area contributed by atoms with E-state index in [0.29, 0.717) is 17.8 Å². The van der Waals surface area contributed by atoms with Crippen LogP contribution in [-0.2, 0) is 0 Å². The van der Waals surface area contributed by atoms with Crippen molar-refractivity contribution in [2.24, 2.45) is 0 Å². The molecular formula is C16H20N4O2. The molecule has 0 saturated carbocycles. The van der Waals surface area contributed by atoms with Gasteiger partial charge in [0.05, 0.1) is 0 Å². The molecule has 0 bridgehead atoms. The highest BCUT2D eigenvalue weighted by molar-refractivity contribution is 5.83. The Morgan fingerprint density at radius 2 is 2.00 bits per heavy atom. The second-order valence-corrected chi connectivity index (χ2v) is 5.58. The first-order chi connectivity index (χ1) is 10.7. The highest BCUT2D eigenvalue weighted by Gasteiger charge is 2.22. The van der Waals surface area contributed by atoms with Crippen molar-refractivity contribution in [3.63, 3.8) is 0 Å². The Labute approximate surface area is 129 Å². The lowest BCUT2D eigenvalue weighted by atomic mass is 10.2. The average molecular weight is 300 g/mol. The summed E-state index contributed by atoms with van der Waals surface area (Å²) in [6.45, 7) is 8.47. The molecule has 6 nitrogen and oxygen atoms in total. The first kappa shape index (κ1) is 14.7. The van der Waals surface area contributed by atoms with Crippen molar-refractivity contribution in [1.82, 2.24) is 14.3 Å². The molecule has 0 spiro atoms. The molecule has 0 aromatic carbocycles. The molecule has 6 heteroatoms. The van der Waals surface area contributed by atoms with Crippen LogP contribution in [0, 0.1) is 6.92 Å². The molecule has 0 N–H and O–H groups in total. The Bertz CT molecular complexity index is 761. The molecular weight excluding hydrogens is 280 g/mol. The second kappa shape index (κ2) is 5.88. The van der Waals surface area contributed by atoms with Crippen LogP contribution < -0.4 is 10.5 Å². The van der Waals surface area contributed by atoms with Crippen LogP contribution in [0.1, 0.15) is 22.8 Å². The van der Waals surface area contributed by atoms with Gasteiger partial charge in [-0.3, -0.25) is 14.0 Å². The molecule has 0 unspecified atom stereocenters. The number of carbonyl (C=O) groups excluding carboxylic acids is 1. The molecule has 22 heavy (non-hydrogen) atoms. The zero-order chi connectivity index (χ0) is 15.7. The fraction of sp³-hybridized carbons (Fsp3) is 0.438. The number of rotatable bonds is 3. The second-order valence-electron chi connectivity index (χ2n) is 5.58. The average Bonchev–Trinajstić information content (AvgIpc) is 2.55. The molecule has 2 aromatic rings. The van der Waals surface area contributed by atoms with Gasteiger partial charge in [0.15, 0.2) is 6.29 Å². The van der Waals surface area contributed by atoms with E-state index < -0.39 is 0 Å². The predicted octanol–water partition coefficient (Wildman–Crippen LogP) is 0.957. The number of hydrogen-bond donors (Lipinski definition) is 0. The van der Waals surface area contributed by atoms with Gasteiger partial charge >= 0.3 is 0 Å². The molecule has 0 amide bonds. The number of nitrogens with zero attached hydrogens (tertiary/aromatic N) is 4. The fourth-order valence-electron chi connectivity index (χ4n) is 2.92. The minimum absolute atomic E-state index is 0.146. The minimum Gasteiger partial charge on any atom is -0.353 e. The van der Waals surface area contributed by atoms with Crippen molar-refractivity contribution in [3.05, 3.63) is 39.8 Å². The molecule has 1 saturated heterocycles. The zero-order valence-corrected chi connectivity index (χ0v) is 13.0. The number of hydrogen-bond acceptors (Lipinski definition) is 5. The van der Waals surface area contributed by atoms with E-state index in [1.54, 1.807) is 12.3 Å². The Morgan fingerprint density at radius 1 is 1.27 bits per heavy atom. The van der Waals surface area contributed by atoms with Crippen molar-refractivity contribution in [2.45, 2.75) is 13.8 Å². The molecule has 116 valence electrons. The first-order valence-electron chi connectivity index (χ1n) is 7.60. The van der Waals surface area contributed by atoms with Crippen molar-refractivity contribution >= 4 is 17.8 Å². The van der Waals surface area contributed by atoms with Gasteiger partial charge in [0.25, 0.3) is 5.56 Å². The number of anilines is 1. The number of fused-ring (bicyclic) bond motifs is 1. The minimum atomic E-state index is -0.295. The van der Waals surface area contributed by atoms with Crippen LogP contribution in [0.4, 0.5) is 5.82 Å². The van der Waals surface area contributed by atoms with E-state index in [1.807, 2.05) is 17.9 Å².